The standard InChI is InChI=1S/C22H16N2/c1-3-7-21-13-17(9-11-19(21)5-1)15-23-24-16-18-10-12-20-6-2-4-8-22(20)14-18/h1-16H. The van der Waals surface area contributed by atoms with E-state index in [1.165, 1.54) is 21.5 Å². The molecule has 2 heteroatoms. The van der Waals surface area contributed by atoms with Crippen LogP contribution in [-0.4, -0.2) is 12.4 Å². The maximum absolute atomic E-state index is 4.17. The zero-order valence-corrected chi connectivity index (χ0v) is 13.1. The topological polar surface area (TPSA) is 24.7 Å². The van der Waals surface area contributed by atoms with Gasteiger partial charge in [-0.2, -0.15) is 10.2 Å². The van der Waals surface area contributed by atoms with Crippen LogP contribution < -0.4 is 0 Å². The fourth-order valence-corrected chi connectivity index (χ4v) is 2.78. The van der Waals surface area contributed by atoms with E-state index < -0.39 is 0 Å². The lowest BCUT2D eigenvalue weighted by molar-refractivity contribution is 1.27. The molecule has 4 aromatic rings. The Morgan fingerprint density at radius 1 is 0.458 bits per heavy atom. The average molecular weight is 308 g/mol. The van der Waals surface area contributed by atoms with Crippen molar-refractivity contribution in [2.75, 3.05) is 0 Å². The van der Waals surface area contributed by atoms with Gasteiger partial charge in [-0.15, -0.1) is 0 Å². The first-order valence-electron chi connectivity index (χ1n) is 7.92. The van der Waals surface area contributed by atoms with Crippen molar-refractivity contribution in [2.45, 2.75) is 0 Å². The molecule has 0 radical (unpaired) electrons. The Bertz CT molecular complexity index is 974. The van der Waals surface area contributed by atoms with Crippen LogP contribution in [0.2, 0.25) is 0 Å². The first kappa shape index (κ1) is 14.3. The molecule has 2 nitrogen and oxygen atoms in total. The number of nitrogens with zero attached hydrogens (tertiary/aromatic N) is 2. The lowest BCUT2D eigenvalue weighted by atomic mass is 10.1. The summed E-state index contributed by atoms with van der Waals surface area (Å²) in [5.41, 5.74) is 2.09. The molecule has 0 amide bonds. The molecule has 0 unspecified atom stereocenters. The highest BCUT2D eigenvalue weighted by molar-refractivity contribution is 5.92. The summed E-state index contributed by atoms with van der Waals surface area (Å²) in [6.45, 7) is 0. The van der Waals surface area contributed by atoms with Gasteiger partial charge in [0.2, 0.25) is 0 Å². The third-order valence-electron chi connectivity index (χ3n) is 4.03. The molecule has 0 aromatic heterocycles. The van der Waals surface area contributed by atoms with Crippen molar-refractivity contribution in [3.63, 3.8) is 0 Å². The third kappa shape index (κ3) is 3.08. The summed E-state index contributed by atoms with van der Waals surface area (Å²) in [5, 5.41) is 13.2. The van der Waals surface area contributed by atoms with Crippen molar-refractivity contribution >= 4 is 34.0 Å². The van der Waals surface area contributed by atoms with Gasteiger partial charge in [-0.3, -0.25) is 0 Å². The van der Waals surface area contributed by atoms with E-state index in [-0.39, 0.29) is 0 Å². The Hall–Kier alpha value is -3.26. The van der Waals surface area contributed by atoms with E-state index in [0.29, 0.717) is 0 Å². The van der Waals surface area contributed by atoms with E-state index in [0.717, 1.165) is 11.1 Å². The molecule has 24 heavy (non-hydrogen) atoms. The lowest BCUT2D eigenvalue weighted by Crippen LogP contribution is -1.83. The Morgan fingerprint density at radius 3 is 1.33 bits per heavy atom. The fraction of sp³-hybridized carbons (Fsp3) is 0. The molecule has 0 fully saturated rings. The molecule has 0 aliphatic carbocycles. The van der Waals surface area contributed by atoms with Crippen LogP contribution in [0.25, 0.3) is 21.5 Å². The minimum absolute atomic E-state index is 1.05. The Labute approximate surface area is 140 Å². The Kier molecular flexibility index (Phi) is 3.86. The second-order valence-electron chi connectivity index (χ2n) is 5.70. The summed E-state index contributed by atoms with van der Waals surface area (Å²) in [6, 6.07) is 29.1. The summed E-state index contributed by atoms with van der Waals surface area (Å²) < 4.78 is 0. The van der Waals surface area contributed by atoms with Crippen molar-refractivity contribution in [2.24, 2.45) is 10.2 Å². The normalized spacial score (nSPS) is 11.8. The van der Waals surface area contributed by atoms with Crippen LogP contribution in [0.1, 0.15) is 11.1 Å². The van der Waals surface area contributed by atoms with Gasteiger partial charge < -0.3 is 0 Å². The van der Waals surface area contributed by atoms with Gasteiger partial charge in [-0.1, -0.05) is 72.8 Å². The van der Waals surface area contributed by atoms with Gasteiger partial charge in [0.1, 0.15) is 0 Å². The van der Waals surface area contributed by atoms with Crippen molar-refractivity contribution in [1.29, 1.82) is 0 Å². The van der Waals surface area contributed by atoms with Crippen molar-refractivity contribution in [3.8, 4) is 0 Å². The summed E-state index contributed by atoms with van der Waals surface area (Å²) in [6.07, 6.45) is 3.56. The predicted octanol–water partition coefficient (Wildman–Crippen LogP) is 5.45. The van der Waals surface area contributed by atoms with Crippen molar-refractivity contribution in [3.05, 3.63) is 96.1 Å². The first-order chi connectivity index (χ1) is 11.9. The Morgan fingerprint density at radius 2 is 0.875 bits per heavy atom. The number of hydrogen-bond donors (Lipinski definition) is 0. The highest BCUT2D eigenvalue weighted by atomic mass is 15.2. The van der Waals surface area contributed by atoms with Gasteiger partial charge >= 0.3 is 0 Å². The maximum atomic E-state index is 4.17. The molecule has 0 N–H and O–H groups in total. The zero-order valence-electron chi connectivity index (χ0n) is 13.1. The highest BCUT2D eigenvalue weighted by Crippen LogP contribution is 2.15. The fourth-order valence-electron chi connectivity index (χ4n) is 2.78. The number of rotatable bonds is 3. The van der Waals surface area contributed by atoms with Crippen LogP contribution in [-0.2, 0) is 0 Å². The van der Waals surface area contributed by atoms with Gasteiger partial charge in [-0.05, 0) is 44.8 Å². The summed E-state index contributed by atoms with van der Waals surface area (Å²) >= 11 is 0. The molecule has 0 heterocycles. The van der Waals surface area contributed by atoms with Gasteiger partial charge in [0, 0.05) is 0 Å². The van der Waals surface area contributed by atoms with E-state index in [1.54, 1.807) is 12.4 Å². The van der Waals surface area contributed by atoms with Gasteiger partial charge in [0.05, 0.1) is 12.4 Å². The van der Waals surface area contributed by atoms with Gasteiger partial charge in [-0.25, -0.2) is 0 Å². The molecule has 0 spiro atoms. The second-order valence-corrected chi connectivity index (χ2v) is 5.70. The second kappa shape index (κ2) is 6.47. The van der Waals surface area contributed by atoms with Crippen LogP contribution in [0.5, 0.6) is 0 Å². The molecule has 4 aromatic carbocycles. The quantitative estimate of drug-likeness (QED) is 0.355. The number of fused-ring (bicyclic) bond motifs is 2. The lowest BCUT2D eigenvalue weighted by Gasteiger charge is -1.98. The molecule has 114 valence electrons. The van der Waals surface area contributed by atoms with Crippen LogP contribution in [0.15, 0.2) is 95.1 Å². The maximum Gasteiger partial charge on any atom is 0.0568 e. The molecular formula is C22H16N2. The van der Waals surface area contributed by atoms with Gasteiger partial charge in [0.15, 0.2) is 0 Å². The summed E-state index contributed by atoms with van der Waals surface area (Å²) in [5.74, 6) is 0. The number of hydrogen-bond acceptors (Lipinski definition) is 2. The molecule has 4 rings (SSSR count). The first-order valence-corrected chi connectivity index (χ1v) is 7.92. The van der Waals surface area contributed by atoms with Crippen LogP contribution in [0, 0.1) is 0 Å². The average Bonchev–Trinajstić information content (AvgIpc) is 2.65. The molecule has 0 saturated carbocycles. The highest BCUT2D eigenvalue weighted by Gasteiger charge is 1.94. The van der Waals surface area contributed by atoms with E-state index in [2.05, 4.69) is 70.9 Å². The smallest absolute Gasteiger partial charge is 0.0568 e. The van der Waals surface area contributed by atoms with Crippen LogP contribution in [0.4, 0.5) is 0 Å². The molecular weight excluding hydrogens is 292 g/mol. The molecule has 0 saturated heterocycles. The Balaban J connectivity index is 1.53. The SMILES string of the molecule is C(=NN=Cc1ccc2ccccc2c1)c1ccc2ccccc2c1. The minimum Gasteiger partial charge on any atom is -0.159 e. The summed E-state index contributed by atoms with van der Waals surface area (Å²) in [4.78, 5) is 0. The molecule has 0 aliphatic rings. The van der Waals surface area contributed by atoms with E-state index in [9.17, 15) is 0 Å². The molecule has 0 bridgehead atoms. The van der Waals surface area contributed by atoms with E-state index >= 15 is 0 Å². The molecule has 0 aliphatic heterocycles. The van der Waals surface area contributed by atoms with Crippen LogP contribution in [0.3, 0.4) is 0 Å². The third-order valence-corrected chi connectivity index (χ3v) is 4.03. The monoisotopic (exact) mass is 308 g/mol. The molecule has 0 atom stereocenters. The van der Waals surface area contributed by atoms with E-state index in [4.69, 9.17) is 0 Å². The van der Waals surface area contributed by atoms with Crippen molar-refractivity contribution in [1.82, 2.24) is 0 Å². The summed E-state index contributed by atoms with van der Waals surface area (Å²) in [7, 11) is 0. The number of benzene rings is 4. The largest absolute Gasteiger partial charge is 0.159 e. The van der Waals surface area contributed by atoms with Crippen molar-refractivity contribution < 1.29 is 0 Å². The minimum atomic E-state index is 1.05. The zero-order chi connectivity index (χ0) is 16.2. The van der Waals surface area contributed by atoms with Gasteiger partial charge in [0.25, 0.3) is 0 Å². The van der Waals surface area contributed by atoms with E-state index in [1.807, 2.05) is 24.3 Å². The predicted molar refractivity (Wildman–Crippen MR) is 103 cm³/mol. The van der Waals surface area contributed by atoms with Crippen LogP contribution >= 0.6 is 0 Å².